The second-order valence-corrected chi connectivity index (χ2v) is 11.7. The average molecular weight is 580 g/mol. The van der Waals surface area contributed by atoms with Crippen LogP contribution in [0.4, 0.5) is 0 Å². The first-order valence-electron chi connectivity index (χ1n) is 13.0. The van der Waals surface area contributed by atoms with E-state index in [1.54, 1.807) is 16.7 Å². The van der Waals surface area contributed by atoms with Gasteiger partial charge in [-0.2, -0.15) is 0 Å². The summed E-state index contributed by atoms with van der Waals surface area (Å²) in [5.41, 5.74) is 4.52. The predicted molar refractivity (Wildman–Crippen MR) is 156 cm³/mol. The Morgan fingerprint density at radius 2 is 1.62 bits per heavy atom. The molecule has 2 amide bonds. The van der Waals surface area contributed by atoms with Gasteiger partial charge in [-0.05, 0) is 54.2 Å². The second kappa shape index (κ2) is 13.8. The number of carbonyl (C=O) groups excluding carboxylic acids is 2. The van der Waals surface area contributed by atoms with E-state index in [1.165, 1.54) is 11.1 Å². The maximum absolute atomic E-state index is 13.8. The minimum atomic E-state index is -0.571. The zero-order valence-corrected chi connectivity index (χ0v) is 23.8. The summed E-state index contributed by atoms with van der Waals surface area (Å²) in [7, 11) is 0. The lowest BCUT2D eigenvalue weighted by atomic mass is 10.0. The number of hydrogen-bond acceptors (Lipinski definition) is 3. The zero-order chi connectivity index (χ0) is 26.0. The van der Waals surface area contributed by atoms with Crippen LogP contribution in [0.3, 0.4) is 0 Å². The maximum atomic E-state index is 13.8. The number of hydrogen-bond donors (Lipinski definition) is 1. The van der Waals surface area contributed by atoms with E-state index in [0.29, 0.717) is 18.7 Å². The van der Waals surface area contributed by atoms with Gasteiger partial charge in [-0.1, -0.05) is 95.5 Å². The molecule has 0 spiro atoms. The van der Waals surface area contributed by atoms with Crippen LogP contribution in [0.25, 0.3) is 0 Å². The van der Waals surface area contributed by atoms with Crippen LogP contribution in [0.1, 0.15) is 47.9 Å². The molecule has 37 heavy (non-hydrogen) atoms. The molecular formula is C31H35BrN2O2S. The summed E-state index contributed by atoms with van der Waals surface area (Å²) in [5, 5.41) is 3.27. The molecule has 6 heteroatoms. The Morgan fingerprint density at radius 3 is 2.32 bits per heavy atom. The molecule has 0 saturated heterocycles. The van der Waals surface area contributed by atoms with Crippen LogP contribution >= 0.6 is 27.7 Å². The molecule has 0 bridgehead atoms. The molecule has 194 valence electrons. The summed E-state index contributed by atoms with van der Waals surface area (Å²) in [5.74, 6) is 1.03. The highest BCUT2D eigenvalue weighted by Gasteiger charge is 2.32. The fourth-order valence-corrected chi connectivity index (χ4v) is 6.06. The van der Waals surface area contributed by atoms with Gasteiger partial charge < -0.3 is 10.2 Å². The maximum Gasteiger partial charge on any atom is 0.243 e. The van der Waals surface area contributed by atoms with E-state index < -0.39 is 6.04 Å². The lowest BCUT2D eigenvalue weighted by Crippen LogP contribution is -2.52. The Hall–Kier alpha value is -2.57. The monoisotopic (exact) mass is 578 g/mol. The van der Waals surface area contributed by atoms with Crippen LogP contribution in [-0.4, -0.2) is 34.6 Å². The minimum absolute atomic E-state index is 0.0102. The number of thioether (sulfide) groups is 1. The van der Waals surface area contributed by atoms with Gasteiger partial charge in [-0.25, -0.2) is 0 Å². The van der Waals surface area contributed by atoms with Crippen molar-refractivity contribution in [1.82, 2.24) is 10.2 Å². The SMILES string of the molecule is Cc1ccccc1CSCC(=O)N(Cc1ccc(Br)cc1)C(Cc1ccccc1)C(=O)NC1CCCC1. The molecule has 0 heterocycles. The zero-order valence-electron chi connectivity index (χ0n) is 21.4. The van der Waals surface area contributed by atoms with Crippen LogP contribution in [0.15, 0.2) is 83.3 Å². The largest absolute Gasteiger partial charge is 0.352 e. The number of amides is 2. The van der Waals surface area contributed by atoms with Crippen molar-refractivity contribution in [3.8, 4) is 0 Å². The molecule has 4 nitrogen and oxygen atoms in total. The molecule has 1 aliphatic carbocycles. The number of benzene rings is 3. The molecule has 1 aliphatic rings. The van der Waals surface area contributed by atoms with Gasteiger partial charge in [0, 0.05) is 29.2 Å². The first kappa shape index (κ1) is 27.5. The highest BCUT2D eigenvalue weighted by atomic mass is 79.9. The van der Waals surface area contributed by atoms with E-state index in [9.17, 15) is 9.59 Å². The Balaban J connectivity index is 1.56. The van der Waals surface area contributed by atoms with Crippen LogP contribution in [-0.2, 0) is 28.3 Å². The van der Waals surface area contributed by atoms with E-state index in [-0.39, 0.29) is 17.9 Å². The third-order valence-electron chi connectivity index (χ3n) is 6.98. The van der Waals surface area contributed by atoms with Crippen LogP contribution < -0.4 is 5.32 Å². The second-order valence-electron chi connectivity index (χ2n) is 9.76. The Bertz CT molecular complexity index is 1160. The highest BCUT2D eigenvalue weighted by Crippen LogP contribution is 2.22. The molecule has 3 aromatic carbocycles. The van der Waals surface area contributed by atoms with Crippen LogP contribution in [0.2, 0.25) is 0 Å². The van der Waals surface area contributed by atoms with Crippen molar-refractivity contribution in [3.63, 3.8) is 0 Å². The lowest BCUT2D eigenvalue weighted by molar-refractivity contribution is -0.139. The summed E-state index contributed by atoms with van der Waals surface area (Å²) < 4.78 is 0.989. The van der Waals surface area contributed by atoms with Crippen molar-refractivity contribution in [2.45, 2.75) is 63.4 Å². The normalized spacial score (nSPS) is 14.3. The first-order valence-corrected chi connectivity index (χ1v) is 14.9. The Kier molecular flexibility index (Phi) is 10.3. The molecule has 1 fully saturated rings. The van der Waals surface area contributed by atoms with Crippen molar-refractivity contribution in [3.05, 3.63) is 106 Å². The van der Waals surface area contributed by atoms with Crippen LogP contribution in [0, 0.1) is 6.92 Å². The molecule has 0 aliphatic heterocycles. The van der Waals surface area contributed by atoms with E-state index in [0.717, 1.165) is 47.0 Å². The van der Waals surface area contributed by atoms with Gasteiger partial charge in [0.1, 0.15) is 6.04 Å². The third-order valence-corrected chi connectivity index (χ3v) is 8.48. The number of nitrogens with one attached hydrogen (secondary N) is 1. The first-order chi connectivity index (χ1) is 18.0. The number of rotatable bonds is 11. The van der Waals surface area contributed by atoms with E-state index in [1.807, 2.05) is 66.7 Å². The van der Waals surface area contributed by atoms with Crippen molar-refractivity contribution in [2.24, 2.45) is 0 Å². The van der Waals surface area contributed by atoms with Crippen molar-refractivity contribution in [2.75, 3.05) is 5.75 Å². The molecular weight excluding hydrogens is 544 g/mol. The topological polar surface area (TPSA) is 49.4 Å². The van der Waals surface area contributed by atoms with Gasteiger partial charge in [0.05, 0.1) is 5.75 Å². The number of aryl methyl sites for hydroxylation is 1. The summed E-state index contributed by atoms with van der Waals surface area (Å²) in [6.45, 7) is 2.49. The summed E-state index contributed by atoms with van der Waals surface area (Å²) >= 11 is 5.11. The predicted octanol–water partition coefficient (Wildman–Crippen LogP) is 6.69. The van der Waals surface area contributed by atoms with Gasteiger partial charge in [0.25, 0.3) is 0 Å². The fourth-order valence-electron chi connectivity index (χ4n) is 4.81. The number of carbonyl (C=O) groups is 2. The molecule has 0 aromatic heterocycles. The van der Waals surface area contributed by atoms with Gasteiger partial charge in [-0.15, -0.1) is 11.8 Å². The van der Waals surface area contributed by atoms with E-state index in [2.05, 4.69) is 40.3 Å². The van der Waals surface area contributed by atoms with Gasteiger partial charge in [0.15, 0.2) is 0 Å². The van der Waals surface area contributed by atoms with E-state index >= 15 is 0 Å². The molecule has 1 N–H and O–H groups in total. The number of nitrogens with zero attached hydrogens (tertiary/aromatic N) is 1. The summed E-state index contributed by atoms with van der Waals surface area (Å²) in [6, 6.07) is 25.9. The number of halogens is 1. The Morgan fingerprint density at radius 1 is 0.946 bits per heavy atom. The molecule has 1 atom stereocenters. The molecule has 1 unspecified atom stereocenters. The van der Waals surface area contributed by atoms with Crippen LogP contribution in [0.5, 0.6) is 0 Å². The highest BCUT2D eigenvalue weighted by molar-refractivity contribution is 9.10. The standard InChI is InChI=1S/C31H35BrN2O2S/c1-23-9-5-6-12-26(23)21-37-22-30(35)34(20-25-15-17-27(32)18-16-25)29(19-24-10-3-2-4-11-24)31(36)33-28-13-7-8-14-28/h2-6,9-12,15-18,28-29H,7-8,13-14,19-22H2,1H3,(H,33,36). The Labute approximate surface area is 233 Å². The van der Waals surface area contributed by atoms with Crippen molar-refractivity contribution in [1.29, 1.82) is 0 Å². The van der Waals surface area contributed by atoms with Gasteiger partial charge in [-0.3, -0.25) is 9.59 Å². The third kappa shape index (κ3) is 8.21. The molecule has 4 rings (SSSR count). The quantitative estimate of drug-likeness (QED) is 0.276. The average Bonchev–Trinajstić information content (AvgIpc) is 3.42. The summed E-state index contributed by atoms with van der Waals surface area (Å²) in [4.78, 5) is 29.3. The molecule has 3 aromatic rings. The lowest BCUT2D eigenvalue weighted by Gasteiger charge is -2.32. The molecule has 1 saturated carbocycles. The van der Waals surface area contributed by atoms with Gasteiger partial charge in [0.2, 0.25) is 11.8 Å². The minimum Gasteiger partial charge on any atom is -0.352 e. The van der Waals surface area contributed by atoms with Gasteiger partial charge >= 0.3 is 0 Å². The van der Waals surface area contributed by atoms with Crippen molar-refractivity contribution >= 4 is 39.5 Å². The van der Waals surface area contributed by atoms with Crippen molar-refractivity contribution < 1.29 is 9.59 Å². The fraction of sp³-hybridized carbons (Fsp3) is 0.355. The summed E-state index contributed by atoms with van der Waals surface area (Å²) in [6.07, 6.45) is 4.80. The van der Waals surface area contributed by atoms with E-state index in [4.69, 9.17) is 0 Å². The smallest absolute Gasteiger partial charge is 0.243 e. The molecule has 0 radical (unpaired) electrons.